The fraction of sp³-hybridized carbons (Fsp3) is 0.889. The molecule has 1 N–H and O–H groups in total. The minimum absolute atomic E-state index is 0.415. The van der Waals surface area contributed by atoms with Gasteiger partial charge in [0.15, 0.2) is 0 Å². The van der Waals surface area contributed by atoms with Crippen molar-refractivity contribution in [2.75, 3.05) is 6.61 Å². The molecule has 0 aliphatic heterocycles. The highest BCUT2D eigenvalue weighted by Crippen LogP contribution is 2.06. The lowest BCUT2D eigenvalue weighted by Crippen LogP contribution is -2.20. The summed E-state index contributed by atoms with van der Waals surface area (Å²) in [6.07, 6.45) is 0.961. The molecule has 0 aromatic carbocycles. The predicted molar refractivity (Wildman–Crippen MR) is 46.7 cm³/mol. The summed E-state index contributed by atoms with van der Waals surface area (Å²) in [4.78, 5) is 10.7. The molecule has 0 heterocycles. The van der Waals surface area contributed by atoms with E-state index in [9.17, 15) is 4.79 Å². The Morgan fingerprint density at radius 3 is 2.50 bits per heavy atom. The zero-order valence-corrected chi connectivity index (χ0v) is 8.04. The van der Waals surface area contributed by atoms with Crippen molar-refractivity contribution in [3.05, 3.63) is 0 Å². The van der Waals surface area contributed by atoms with Gasteiger partial charge in [0.05, 0.1) is 6.61 Å². The summed E-state index contributed by atoms with van der Waals surface area (Å²) >= 11 is 0. The van der Waals surface area contributed by atoms with Crippen LogP contribution in [0, 0.1) is 5.92 Å². The molecule has 0 bridgehead atoms. The second-order valence-corrected chi connectivity index (χ2v) is 3.15. The lowest BCUT2D eigenvalue weighted by atomic mass is 10.1. The number of hydrogen-bond donors (Lipinski definition) is 1. The van der Waals surface area contributed by atoms with E-state index in [4.69, 9.17) is 9.84 Å². The molecule has 0 saturated heterocycles. The van der Waals surface area contributed by atoms with Crippen LogP contribution in [0.15, 0.2) is 0 Å². The third kappa shape index (κ3) is 5.13. The zero-order chi connectivity index (χ0) is 9.56. The Bertz CT molecular complexity index is 132. The molecule has 12 heavy (non-hydrogen) atoms. The van der Waals surface area contributed by atoms with Crippen LogP contribution in [-0.2, 0) is 9.53 Å². The van der Waals surface area contributed by atoms with Crippen molar-refractivity contribution in [2.45, 2.75) is 39.7 Å². The van der Waals surface area contributed by atoms with Gasteiger partial charge in [-0.2, -0.15) is 0 Å². The maximum atomic E-state index is 10.7. The number of carbonyl (C=O) groups is 1. The van der Waals surface area contributed by atoms with Crippen molar-refractivity contribution in [3.8, 4) is 0 Å². The highest BCUT2D eigenvalue weighted by atomic mass is 16.5. The summed E-state index contributed by atoms with van der Waals surface area (Å²) in [5.74, 6) is 0.0464. The first-order valence-electron chi connectivity index (χ1n) is 4.42. The lowest BCUT2D eigenvalue weighted by molar-refractivity contribution is -0.152. The normalized spacial score (nSPS) is 15.3. The molecule has 0 fully saturated rings. The highest BCUT2D eigenvalue weighted by Gasteiger charge is 2.09. The van der Waals surface area contributed by atoms with Crippen LogP contribution in [0.4, 0.5) is 0 Å². The molecule has 72 valence electrons. The van der Waals surface area contributed by atoms with Crippen LogP contribution in [0.1, 0.15) is 33.6 Å². The maximum absolute atomic E-state index is 10.7. The molecule has 3 heteroatoms. The van der Waals surface area contributed by atoms with E-state index >= 15 is 0 Å². The Hall–Kier alpha value is -0.570. The van der Waals surface area contributed by atoms with Crippen molar-refractivity contribution in [1.29, 1.82) is 0 Å². The van der Waals surface area contributed by atoms with E-state index in [1.54, 1.807) is 0 Å². The largest absolute Gasteiger partial charge is 0.464 e. The van der Waals surface area contributed by atoms with E-state index in [1.165, 1.54) is 6.92 Å². The Balaban J connectivity index is 3.37. The van der Waals surface area contributed by atoms with E-state index < -0.39 is 12.1 Å². The number of ether oxygens (including phenoxy) is 1. The fourth-order valence-corrected chi connectivity index (χ4v) is 0.685. The van der Waals surface area contributed by atoms with Gasteiger partial charge in [0.25, 0.3) is 0 Å². The number of carbonyl (C=O) groups excluding carboxylic acids is 1. The molecule has 3 nitrogen and oxygen atoms in total. The van der Waals surface area contributed by atoms with E-state index in [-0.39, 0.29) is 0 Å². The average Bonchev–Trinajstić information content (AvgIpc) is 2.03. The van der Waals surface area contributed by atoms with Crippen molar-refractivity contribution >= 4 is 5.97 Å². The van der Waals surface area contributed by atoms with Crippen LogP contribution in [0.25, 0.3) is 0 Å². The molecular weight excluding hydrogens is 156 g/mol. The fourth-order valence-electron chi connectivity index (χ4n) is 0.685. The summed E-state index contributed by atoms with van der Waals surface area (Å²) in [7, 11) is 0. The maximum Gasteiger partial charge on any atom is 0.334 e. The lowest BCUT2D eigenvalue weighted by Gasteiger charge is -2.09. The first kappa shape index (κ1) is 11.4. The zero-order valence-electron chi connectivity index (χ0n) is 8.04. The van der Waals surface area contributed by atoms with Crippen molar-refractivity contribution < 1.29 is 14.6 Å². The minimum Gasteiger partial charge on any atom is -0.464 e. The SMILES string of the molecule is CCC(C)CCOC(=O)C(C)O. The van der Waals surface area contributed by atoms with Gasteiger partial charge < -0.3 is 9.84 Å². The van der Waals surface area contributed by atoms with Crippen molar-refractivity contribution in [3.63, 3.8) is 0 Å². The van der Waals surface area contributed by atoms with Gasteiger partial charge in [-0.25, -0.2) is 4.79 Å². The third-order valence-corrected chi connectivity index (χ3v) is 1.89. The highest BCUT2D eigenvalue weighted by molar-refractivity contribution is 5.73. The molecule has 0 radical (unpaired) electrons. The van der Waals surface area contributed by atoms with Gasteiger partial charge >= 0.3 is 5.97 Å². The van der Waals surface area contributed by atoms with E-state index in [0.29, 0.717) is 12.5 Å². The van der Waals surface area contributed by atoms with Crippen LogP contribution in [0.2, 0.25) is 0 Å². The van der Waals surface area contributed by atoms with Crippen LogP contribution in [0.5, 0.6) is 0 Å². The monoisotopic (exact) mass is 174 g/mol. The molecule has 2 atom stereocenters. The summed E-state index contributed by atoms with van der Waals surface area (Å²) < 4.78 is 4.79. The number of aliphatic hydroxyl groups is 1. The summed E-state index contributed by atoms with van der Waals surface area (Å²) in [6.45, 7) is 6.03. The molecule has 0 aliphatic carbocycles. The predicted octanol–water partition coefficient (Wildman–Crippen LogP) is 1.35. The molecular formula is C9H18O3. The van der Waals surface area contributed by atoms with Crippen LogP contribution >= 0.6 is 0 Å². The molecule has 0 amide bonds. The summed E-state index contributed by atoms with van der Waals surface area (Å²) in [5.41, 5.74) is 0. The molecule has 0 rings (SSSR count). The topological polar surface area (TPSA) is 46.5 Å². The minimum atomic E-state index is -0.998. The Morgan fingerprint density at radius 1 is 1.50 bits per heavy atom. The van der Waals surface area contributed by atoms with Gasteiger partial charge in [0, 0.05) is 0 Å². The molecule has 0 spiro atoms. The van der Waals surface area contributed by atoms with E-state index in [1.807, 2.05) is 0 Å². The van der Waals surface area contributed by atoms with Crippen LogP contribution < -0.4 is 0 Å². The molecule has 0 saturated carbocycles. The number of rotatable bonds is 5. The average molecular weight is 174 g/mol. The standard InChI is InChI=1S/C9H18O3/c1-4-7(2)5-6-12-9(11)8(3)10/h7-8,10H,4-6H2,1-3H3. The second kappa shape index (κ2) is 6.00. The Kier molecular flexibility index (Phi) is 5.72. The van der Waals surface area contributed by atoms with Gasteiger partial charge in [-0.3, -0.25) is 0 Å². The summed E-state index contributed by atoms with van der Waals surface area (Å²) in [5, 5.41) is 8.77. The first-order valence-corrected chi connectivity index (χ1v) is 4.42. The van der Waals surface area contributed by atoms with Gasteiger partial charge in [-0.05, 0) is 19.3 Å². The number of hydrogen-bond acceptors (Lipinski definition) is 3. The smallest absolute Gasteiger partial charge is 0.334 e. The Morgan fingerprint density at radius 2 is 2.08 bits per heavy atom. The Labute approximate surface area is 73.7 Å². The van der Waals surface area contributed by atoms with Crippen molar-refractivity contribution in [2.24, 2.45) is 5.92 Å². The van der Waals surface area contributed by atoms with E-state index in [2.05, 4.69) is 13.8 Å². The van der Waals surface area contributed by atoms with E-state index in [0.717, 1.165) is 12.8 Å². The summed E-state index contributed by atoms with van der Waals surface area (Å²) in [6, 6.07) is 0. The second-order valence-electron chi connectivity index (χ2n) is 3.15. The molecule has 0 aromatic heterocycles. The van der Waals surface area contributed by atoms with Gasteiger partial charge in [-0.1, -0.05) is 20.3 Å². The third-order valence-electron chi connectivity index (χ3n) is 1.89. The van der Waals surface area contributed by atoms with Crippen LogP contribution in [-0.4, -0.2) is 23.8 Å². The first-order chi connectivity index (χ1) is 5.57. The van der Waals surface area contributed by atoms with Gasteiger partial charge in [0.1, 0.15) is 6.10 Å². The van der Waals surface area contributed by atoms with Gasteiger partial charge in [0.2, 0.25) is 0 Å². The van der Waals surface area contributed by atoms with Crippen LogP contribution in [0.3, 0.4) is 0 Å². The molecule has 2 unspecified atom stereocenters. The number of aliphatic hydroxyl groups excluding tert-OH is 1. The molecule has 0 aliphatic rings. The van der Waals surface area contributed by atoms with Crippen molar-refractivity contribution in [1.82, 2.24) is 0 Å². The number of esters is 1. The molecule has 0 aromatic rings. The quantitative estimate of drug-likeness (QED) is 0.640. The van der Waals surface area contributed by atoms with Gasteiger partial charge in [-0.15, -0.1) is 0 Å².